The second-order valence-corrected chi connectivity index (χ2v) is 6.65. The van der Waals surface area contributed by atoms with Crippen molar-refractivity contribution in [1.82, 2.24) is 0 Å². The highest BCUT2D eigenvalue weighted by Crippen LogP contribution is 2.54. The first-order valence-electron chi connectivity index (χ1n) is 7.60. The third kappa shape index (κ3) is 1.87. The second kappa shape index (κ2) is 4.80. The molecule has 5 atom stereocenters. The minimum atomic E-state index is -0.935. The highest BCUT2D eigenvalue weighted by Gasteiger charge is 2.61. The van der Waals surface area contributed by atoms with Gasteiger partial charge in [-0.2, -0.15) is 0 Å². The minimum absolute atomic E-state index is 0.147. The van der Waals surface area contributed by atoms with Crippen LogP contribution in [0, 0.1) is 17.3 Å². The molecule has 1 heterocycles. The third-order valence-electron chi connectivity index (χ3n) is 5.31. The summed E-state index contributed by atoms with van der Waals surface area (Å²) in [4.78, 5) is 36.0. The molecule has 3 rings (SSSR count). The lowest BCUT2D eigenvalue weighted by atomic mass is 9.71. The molecular weight excluding hydrogens is 284 g/mol. The molecule has 22 heavy (non-hydrogen) atoms. The van der Waals surface area contributed by atoms with Crippen molar-refractivity contribution in [3.05, 3.63) is 23.8 Å². The highest BCUT2D eigenvalue weighted by atomic mass is 16.6. The van der Waals surface area contributed by atoms with Crippen LogP contribution in [0.5, 0.6) is 0 Å². The van der Waals surface area contributed by atoms with E-state index in [1.54, 1.807) is 13.0 Å². The van der Waals surface area contributed by atoms with Gasteiger partial charge in [-0.15, -0.1) is 0 Å². The first kappa shape index (κ1) is 15.0. The van der Waals surface area contributed by atoms with Gasteiger partial charge in [0.2, 0.25) is 0 Å². The molecule has 118 valence electrons. The topological polar surface area (TPSA) is 69.7 Å². The van der Waals surface area contributed by atoms with E-state index in [0.29, 0.717) is 5.57 Å². The van der Waals surface area contributed by atoms with Crippen molar-refractivity contribution in [2.45, 2.75) is 45.8 Å². The summed E-state index contributed by atoms with van der Waals surface area (Å²) in [6, 6.07) is 0. The fourth-order valence-electron chi connectivity index (χ4n) is 4.13. The zero-order chi connectivity index (χ0) is 16.2. The van der Waals surface area contributed by atoms with E-state index in [2.05, 4.69) is 13.5 Å². The molecule has 5 heteroatoms. The zero-order valence-corrected chi connectivity index (χ0v) is 13.0. The Morgan fingerprint density at radius 2 is 2.09 bits per heavy atom. The zero-order valence-electron chi connectivity index (χ0n) is 13.0. The van der Waals surface area contributed by atoms with Crippen molar-refractivity contribution in [3.63, 3.8) is 0 Å². The van der Waals surface area contributed by atoms with Crippen molar-refractivity contribution in [3.8, 4) is 0 Å². The van der Waals surface area contributed by atoms with Crippen LogP contribution >= 0.6 is 0 Å². The lowest BCUT2D eigenvalue weighted by molar-refractivity contribution is -0.157. The van der Waals surface area contributed by atoms with Gasteiger partial charge in [0.15, 0.2) is 11.9 Å². The summed E-state index contributed by atoms with van der Waals surface area (Å²) < 4.78 is 10.7. The third-order valence-corrected chi connectivity index (χ3v) is 5.31. The molecule has 0 bridgehead atoms. The van der Waals surface area contributed by atoms with Crippen molar-refractivity contribution in [2.75, 3.05) is 0 Å². The first-order chi connectivity index (χ1) is 10.3. The van der Waals surface area contributed by atoms with E-state index < -0.39 is 29.6 Å². The number of ketones is 1. The van der Waals surface area contributed by atoms with Crippen molar-refractivity contribution < 1.29 is 23.9 Å². The number of rotatable bonds is 1. The Kier molecular flexibility index (Phi) is 3.27. The minimum Gasteiger partial charge on any atom is -0.457 e. The first-order valence-corrected chi connectivity index (χ1v) is 7.60. The van der Waals surface area contributed by atoms with Gasteiger partial charge in [-0.05, 0) is 31.8 Å². The molecular formula is C17H20O5. The molecule has 0 aromatic rings. The Morgan fingerprint density at radius 3 is 2.73 bits per heavy atom. The number of carbonyl (C=O) groups is 3. The summed E-state index contributed by atoms with van der Waals surface area (Å²) in [6.07, 6.45) is 1.93. The van der Waals surface area contributed by atoms with Crippen LogP contribution < -0.4 is 0 Å². The van der Waals surface area contributed by atoms with Gasteiger partial charge in [0.1, 0.15) is 6.10 Å². The Morgan fingerprint density at radius 1 is 1.41 bits per heavy atom. The van der Waals surface area contributed by atoms with E-state index in [1.165, 1.54) is 6.92 Å². The number of ether oxygens (including phenoxy) is 2. The van der Waals surface area contributed by atoms with Crippen LogP contribution in [-0.2, 0) is 23.9 Å². The fourth-order valence-corrected chi connectivity index (χ4v) is 4.13. The molecule has 1 aliphatic heterocycles. The molecule has 0 unspecified atom stereocenters. The maximum atomic E-state index is 12.9. The molecule has 0 aromatic carbocycles. The second-order valence-electron chi connectivity index (χ2n) is 6.65. The molecule has 3 aliphatic rings. The molecule has 0 spiro atoms. The standard InChI is InChI=1S/C17H20O5/c1-8-5-6-11-9(2)16(20)22-15(11)17(4)12(8)7-13(14(17)19)21-10(3)18/h7-8,11,13,15H,2,5-6H2,1,3-4H3/t8-,11-,13+,15+,17-/m0/s1. The van der Waals surface area contributed by atoms with E-state index in [9.17, 15) is 14.4 Å². The van der Waals surface area contributed by atoms with E-state index in [1.807, 2.05) is 0 Å². The lowest BCUT2D eigenvalue weighted by Crippen LogP contribution is -2.45. The van der Waals surface area contributed by atoms with Gasteiger partial charge in [0.25, 0.3) is 0 Å². The monoisotopic (exact) mass is 304 g/mol. The van der Waals surface area contributed by atoms with Gasteiger partial charge in [0, 0.05) is 18.4 Å². The normalized spacial score (nSPS) is 40.5. The molecule has 2 fully saturated rings. The van der Waals surface area contributed by atoms with Crippen LogP contribution in [0.1, 0.15) is 33.6 Å². The maximum Gasteiger partial charge on any atom is 0.334 e. The maximum absolute atomic E-state index is 12.9. The summed E-state index contributed by atoms with van der Waals surface area (Å²) in [7, 11) is 0. The molecule has 0 aromatic heterocycles. The number of hydrogen-bond acceptors (Lipinski definition) is 5. The molecule has 5 nitrogen and oxygen atoms in total. The van der Waals surface area contributed by atoms with Crippen molar-refractivity contribution in [2.24, 2.45) is 17.3 Å². The van der Waals surface area contributed by atoms with Gasteiger partial charge >= 0.3 is 11.9 Å². The summed E-state index contributed by atoms with van der Waals surface area (Å²) in [5.74, 6) is -1.09. The summed E-state index contributed by atoms with van der Waals surface area (Å²) in [6.45, 7) is 8.97. The Hall–Kier alpha value is -1.91. The summed E-state index contributed by atoms with van der Waals surface area (Å²) >= 11 is 0. The Bertz CT molecular complexity index is 617. The Balaban J connectivity index is 2.06. The average molecular weight is 304 g/mol. The fraction of sp³-hybridized carbons (Fsp3) is 0.588. The van der Waals surface area contributed by atoms with E-state index in [0.717, 1.165) is 18.4 Å². The predicted molar refractivity (Wildman–Crippen MR) is 77.7 cm³/mol. The SMILES string of the molecule is C=C1C(=O)O[C@@H]2[C@H]1CC[C@H](C)C1=C[C@@H](OC(C)=O)C(=O)[C@]12C. The molecule has 1 saturated carbocycles. The molecule has 1 saturated heterocycles. The van der Waals surface area contributed by atoms with E-state index in [4.69, 9.17) is 9.47 Å². The number of Topliss-reactive ketones (excluding diaryl/α,β-unsaturated/α-hetero) is 1. The lowest BCUT2D eigenvalue weighted by Gasteiger charge is -2.34. The van der Waals surface area contributed by atoms with Crippen LogP contribution in [0.4, 0.5) is 0 Å². The van der Waals surface area contributed by atoms with E-state index >= 15 is 0 Å². The largest absolute Gasteiger partial charge is 0.457 e. The summed E-state index contributed by atoms with van der Waals surface area (Å²) in [5.41, 5.74) is 0.428. The molecule has 0 N–H and O–H groups in total. The van der Waals surface area contributed by atoms with Crippen molar-refractivity contribution >= 4 is 17.7 Å². The van der Waals surface area contributed by atoms with Crippen LogP contribution in [0.15, 0.2) is 23.8 Å². The van der Waals surface area contributed by atoms with Crippen LogP contribution in [0.2, 0.25) is 0 Å². The van der Waals surface area contributed by atoms with E-state index in [-0.39, 0.29) is 17.6 Å². The van der Waals surface area contributed by atoms with Gasteiger partial charge < -0.3 is 9.47 Å². The number of fused-ring (bicyclic) bond motifs is 3. The highest BCUT2D eigenvalue weighted by molar-refractivity contribution is 6.00. The smallest absolute Gasteiger partial charge is 0.334 e. The molecule has 2 aliphatic carbocycles. The molecule has 0 radical (unpaired) electrons. The number of esters is 2. The van der Waals surface area contributed by atoms with Crippen LogP contribution in [-0.4, -0.2) is 29.9 Å². The predicted octanol–water partition coefficient (Wildman–Crippen LogP) is 1.96. The van der Waals surface area contributed by atoms with Crippen LogP contribution in [0.25, 0.3) is 0 Å². The number of hydrogen-bond donors (Lipinski definition) is 0. The van der Waals surface area contributed by atoms with Gasteiger partial charge in [-0.3, -0.25) is 9.59 Å². The number of carbonyl (C=O) groups excluding carboxylic acids is 3. The summed E-state index contributed by atoms with van der Waals surface area (Å²) in [5, 5.41) is 0. The quantitative estimate of drug-likeness (QED) is 0.421. The van der Waals surface area contributed by atoms with Crippen LogP contribution in [0.3, 0.4) is 0 Å². The van der Waals surface area contributed by atoms with Gasteiger partial charge in [-0.1, -0.05) is 19.1 Å². The molecule has 0 amide bonds. The van der Waals surface area contributed by atoms with Gasteiger partial charge in [-0.25, -0.2) is 4.79 Å². The average Bonchev–Trinajstić information content (AvgIpc) is 2.83. The van der Waals surface area contributed by atoms with Gasteiger partial charge in [0.05, 0.1) is 5.41 Å². The van der Waals surface area contributed by atoms with Crippen molar-refractivity contribution in [1.29, 1.82) is 0 Å². The Labute approximate surface area is 129 Å².